The summed E-state index contributed by atoms with van der Waals surface area (Å²) in [5.74, 6) is 0. The molecule has 278 valence electrons. The highest BCUT2D eigenvalue weighted by atomic mass is 14.8. The van der Waals surface area contributed by atoms with Gasteiger partial charge < -0.3 is 0 Å². The third-order valence-electron chi connectivity index (χ3n) is 11.6. The highest BCUT2D eigenvalue weighted by Gasteiger charge is 2.12. The van der Waals surface area contributed by atoms with Crippen LogP contribution >= 0.6 is 0 Å². The van der Waals surface area contributed by atoms with Gasteiger partial charge in [0.2, 0.25) is 0 Å². The first-order chi connectivity index (χ1) is 29.6. The van der Waals surface area contributed by atoms with Crippen molar-refractivity contribution >= 4 is 65.3 Å². The SMILES string of the molecule is c1ccc2cc(-c3ccc4ccc5ccc(-c6ccc(-c7ccc8ccc(-c9ccc%10ccc(-c%11ccc%12ccccc%12n%11)nc%10c9)nc8c7)cc6)nc5c4n3)ccc2c1. The third kappa shape index (κ3) is 6.00. The minimum atomic E-state index is 0.848. The number of hydrogen-bond donors (Lipinski definition) is 0. The smallest absolute Gasteiger partial charge is 0.0972 e. The van der Waals surface area contributed by atoms with Crippen LogP contribution in [-0.4, -0.2) is 24.9 Å². The van der Waals surface area contributed by atoms with E-state index in [0.717, 1.165) is 111 Å². The van der Waals surface area contributed by atoms with E-state index < -0.39 is 0 Å². The normalized spacial score (nSPS) is 11.7. The average molecular weight is 764 g/mol. The molecule has 12 rings (SSSR count). The summed E-state index contributed by atoms with van der Waals surface area (Å²) in [6, 6.07) is 69.9. The summed E-state index contributed by atoms with van der Waals surface area (Å²) in [6.45, 7) is 0. The maximum Gasteiger partial charge on any atom is 0.0972 e. The molecule has 0 N–H and O–H groups in total. The lowest BCUT2D eigenvalue weighted by atomic mass is 10.00. The number of pyridine rings is 5. The van der Waals surface area contributed by atoms with Gasteiger partial charge >= 0.3 is 0 Å². The largest absolute Gasteiger partial charge is 0.248 e. The van der Waals surface area contributed by atoms with Crippen molar-refractivity contribution in [3.05, 3.63) is 200 Å². The molecule has 0 spiro atoms. The molecule has 0 bridgehead atoms. The van der Waals surface area contributed by atoms with Crippen LogP contribution in [0.2, 0.25) is 0 Å². The van der Waals surface area contributed by atoms with E-state index in [0.29, 0.717) is 0 Å². The van der Waals surface area contributed by atoms with Crippen LogP contribution in [-0.2, 0) is 0 Å². The Hall–Kier alpha value is -8.15. The molecule has 0 unspecified atom stereocenters. The molecule has 5 heteroatoms. The summed E-state index contributed by atoms with van der Waals surface area (Å²) in [6.07, 6.45) is 0. The summed E-state index contributed by atoms with van der Waals surface area (Å²) in [5.41, 5.74) is 14.5. The molecule has 0 saturated heterocycles. The van der Waals surface area contributed by atoms with E-state index in [1.165, 1.54) is 10.8 Å². The zero-order valence-electron chi connectivity index (χ0n) is 32.3. The van der Waals surface area contributed by atoms with E-state index >= 15 is 0 Å². The number of fused-ring (bicyclic) bond motifs is 7. The molecule has 5 heterocycles. The number of para-hydroxylation sites is 1. The summed E-state index contributed by atoms with van der Waals surface area (Å²) in [7, 11) is 0. The van der Waals surface area contributed by atoms with Gasteiger partial charge in [0.15, 0.2) is 0 Å². The molecule has 0 radical (unpaired) electrons. The second-order valence-corrected chi connectivity index (χ2v) is 15.3. The molecule has 0 aliphatic heterocycles. The summed E-state index contributed by atoms with van der Waals surface area (Å²) < 4.78 is 0. The second-order valence-electron chi connectivity index (χ2n) is 15.3. The minimum Gasteiger partial charge on any atom is -0.248 e. The van der Waals surface area contributed by atoms with Gasteiger partial charge in [0.25, 0.3) is 0 Å². The Balaban J connectivity index is 0.845. The van der Waals surface area contributed by atoms with Crippen molar-refractivity contribution in [2.75, 3.05) is 0 Å². The maximum atomic E-state index is 5.21. The predicted molar refractivity (Wildman–Crippen MR) is 248 cm³/mol. The number of rotatable bonds is 5. The highest BCUT2D eigenvalue weighted by molar-refractivity contribution is 6.04. The molecule has 5 aromatic heterocycles. The van der Waals surface area contributed by atoms with Gasteiger partial charge in [0, 0.05) is 43.6 Å². The second kappa shape index (κ2) is 13.8. The molecule has 0 atom stereocenters. The number of benzene rings is 7. The molecular formula is C55H33N5. The van der Waals surface area contributed by atoms with Crippen molar-refractivity contribution < 1.29 is 0 Å². The molecular weight excluding hydrogens is 731 g/mol. The molecule has 12 aromatic rings. The van der Waals surface area contributed by atoms with Crippen LogP contribution < -0.4 is 0 Å². The summed E-state index contributed by atoms with van der Waals surface area (Å²) >= 11 is 0. The first-order valence-corrected chi connectivity index (χ1v) is 20.1. The van der Waals surface area contributed by atoms with Gasteiger partial charge in [-0.2, -0.15) is 0 Å². The van der Waals surface area contributed by atoms with Gasteiger partial charge in [-0.05, 0) is 76.5 Å². The quantitative estimate of drug-likeness (QED) is 0.163. The van der Waals surface area contributed by atoms with Crippen molar-refractivity contribution in [3.63, 3.8) is 0 Å². The van der Waals surface area contributed by atoms with E-state index in [1.54, 1.807) is 0 Å². The van der Waals surface area contributed by atoms with Crippen molar-refractivity contribution in [1.29, 1.82) is 0 Å². The molecule has 0 amide bonds. The Kier molecular flexibility index (Phi) is 7.78. The zero-order valence-corrected chi connectivity index (χ0v) is 32.3. The summed E-state index contributed by atoms with van der Waals surface area (Å²) in [4.78, 5) is 25.5. The summed E-state index contributed by atoms with van der Waals surface area (Å²) in [5, 5.41) is 7.84. The number of nitrogens with zero attached hydrogens (tertiary/aromatic N) is 5. The van der Waals surface area contributed by atoms with Crippen LogP contribution in [0.4, 0.5) is 0 Å². The van der Waals surface area contributed by atoms with Gasteiger partial charge in [0.05, 0.1) is 56.1 Å². The van der Waals surface area contributed by atoms with Gasteiger partial charge in [-0.15, -0.1) is 0 Å². The fraction of sp³-hybridized carbons (Fsp3) is 0. The van der Waals surface area contributed by atoms with Crippen LogP contribution in [0.1, 0.15) is 0 Å². The van der Waals surface area contributed by atoms with E-state index in [9.17, 15) is 0 Å². The lowest BCUT2D eigenvalue weighted by Gasteiger charge is -2.10. The predicted octanol–water partition coefficient (Wildman–Crippen LogP) is 13.9. The van der Waals surface area contributed by atoms with Gasteiger partial charge in [-0.1, -0.05) is 146 Å². The standard InChI is InChI=1S/C55H33N5/c1-2-7-42-31-44(19-11-34(42)5-1)49-28-25-41-17-16-40-24-27-47(59-54(40)55(41)60-49)37-12-9-35(10-13-37)43-18-14-38-21-26-48(57-52(38)32-43)45-20-15-39-23-30-51(58-53(39)33-45)50-29-22-36-6-3-4-8-46(36)56-50/h1-33H. The van der Waals surface area contributed by atoms with Crippen molar-refractivity contribution in [2.24, 2.45) is 0 Å². The Morgan fingerprint density at radius 1 is 0.200 bits per heavy atom. The average Bonchev–Trinajstić information content (AvgIpc) is 3.32. The van der Waals surface area contributed by atoms with Crippen LogP contribution in [0.25, 0.3) is 122 Å². The van der Waals surface area contributed by atoms with Gasteiger partial charge in [-0.25, -0.2) is 24.9 Å². The lowest BCUT2D eigenvalue weighted by Crippen LogP contribution is -1.91. The highest BCUT2D eigenvalue weighted by Crippen LogP contribution is 2.33. The van der Waals surface area contributed by atoms with Crippen LogP contribution in [0.5, 0.6) is 0 Å². The van der Waals surface area contributed by atoms with E-state index in [-0.39, 0.29) is 0 Å². The van der Waals surface area contributed by atoms with Crippen molar-refractivity contribution in [3.8, 4) is 56.3 Å². The van der Waals surface area contributed by atoms with E-state index in [2.05, 4.69) is 170 Å². The lowest BCUT2D eigenvalue weighted by molar-refractivity contribution is 1.32. The van der Waals surface area contributed by atoms with Gasteiger partial charge in [0.1, 0.15) is 0 Å². The van der Waals surface area contributed by atoms with Crippen molar-refractivity contribution in [2.45, 2.75) is 0 Å². The van der Waals surface area contributed by atoms with Gasteiger partial charge in [-0.3, -0.25) is 0 Å². The molecule has 0 saturated carbocycles. The van der Waals surface area contributed by atoms with E-state index in [1.807, 2.05) is 30.3 Å². The molecule has 0 aliphatic rings. The maximum absolute atomic E-state index is 5.21. The Bertz CT molecular complexity index is 3670. The fourth-order valence-electron chi connectivity index (χ4n) is 8.36. The van der Waals surface area contributed by atoms with Crippen LogP contribution in [0.3, 0.4) is 0 Å². The molecule has 7 aromatic carbocycles. The Labute approximate surface area is 345 Å². The molecule has 60 heavy (non-hydrogen) atoms. The van der Waals surface area contributed by atoms with Crippen LogP contribution in [0, 0.1) is 0 Å². The Morgan fingerprint density at radius 3 is 1.27 bits per heavy atom. The number of hydrogen-bond acceptors (Lipinski definition) is 5. The topological polar surface area (TPSA) is 64.5 Å². The molecule has 0 aliphatic carbocycles. The van der Waals surface area contributed by atoms with E-state index in [4.69, 9.17) is 24.9 Å². The van der Waals surface area contributed by atoms with Crippen molar-refractivity contribution in [1.82, 2.24) is 24.9 Å². The van der Waals surface area contributed by atoms with Crippen LogP contribution in [0.15, 0.2) is 200 Å². The third-order valence-corrected chi connectivity index (χ3v) is 11.6. The fourth-order valence-corrected chi connectivity index (χ4v) is 8.36. The molecule has 5 nitrogen and oxygen atoms in total. The monoisotopic (exact) mass is 763 g/mol. The first kappa shape index (κ1) is 33.9. The molecule has 0 fully saturated rings. The first-order valence-electron chi connectivity index (χ1n) is 20.1. The zero-order chi connectivity index (χ0) is 39.6. The number of aromatic nitrogens is 5. The Morgan fingerprint density at radius 2 is 0.583 bits per heavy atom. The minimum absolute atomic E-state index is 0.848.